The Morgan fingerprint density at radius 1 is 1.47 bits per heavy atom. The first-order valence-electron chi connectivity index (χ1n) is 5.85. The van der Waals surface area contributed by atoms with Crippen LogP contribution in [0.4, 0.5) is 5.82 Å². The number of nitrogens with zero attached hydrogens (tertiary/aromatic N) is 1. The van der Waals surface area contributed by atoms with E-state index in [9.17, 15) is 4.79 Å². The Labute approximate surface area is 107 Å². The number of hydrogen-bond donors (Lipinski definition) is 2. The van der Waals surface area contributed by atoms with E-state index in [1.54, 1.807) is 6.20 Å². The summed E-state index contributed by atoms with van der Waals surface area (Å²) in [7, 11) is 0. The first-order chi connectivity index (χ1) is 8.26. The second-order valence-corrected chi connectivity index (χ2v) is 4.59. The Hall–Kier alpha value is -1.23. The summed E-state index contributed by atoms with van der Waals surface area (Å²) in [5.41, 5.74) is 0. The zero-order valence-corrected chi connectivity index (χ0v) is 11.1. The van der Waals surface area contributed by atoms with Crippen molar-refractivity contribution in [3.8, 4) is 0 Å². The standard InChI is InChI=1S/C12H19N3OS/c1-3-6-14-11-8-10(5-7-15-11)17-9-12(16)13-4-2/h5,7-8H,3-4,6,9H2,1-2H3,(H,13,16)(H,14,15). The monoisotopic (exact) mass is 253 g/mol. The Bertz CT molecular complexity index is 357. The molecule has 0 aliphatic heterocycles. The number of amides is 1. The molecule has 1 heterocycles. The zero-order valence-electron chi connectivity index (χ0n) is 10.3. The van der Waals surface area contributed by atoms with Gasteiger partial charge >= 0.3 is 0 Å². The van der Waals surface area contributed by atoms with Gasteiger partial charge in [0.05, 0.1) is 5.75 Å². The summed E-state index contributed by atoms with van der Waals surface area (Å²) in [5, 5.41) is 6.00. The number of rotatable bonds is 7. The van der Waals surface area contributed by atoms with E-state index in [0.29, 0.717) is 12.3 Å². The van der Waals surface area contributed by atoms with Gasteiger partial charge in [0.25, 0.3) is 0 Å². The maximum atomic E-state index is 11.3. The molecular weight excluding hydrogens is 234 g/mol. The molecule has 0 radical (unpaired) electrons. The Morgan fingerprint density at radius 2 is 2.29 bits per heavy atom. The topological polar surface area (TPSA) is 54.0 Å². The van der Waals surface area contributed by atoms with Gasteiger partial charge in [0, 0.05) is 24.2 Å². The molecule has 2 N–H and O–H groups in total. The number of thioether (sulfide) groups is 1. The lowest BCUT2D eigenvalue weighted by molar-refractivity contribution is -0.118. The molecule has 0 saturated carbocycles. The average Bonchev–Trinajstić information content (AvgIpc) is 2.35. The molecule has 4 nitrogen and oxygen atoms in total. The van der Waals surface area contributed by atoms with Crippen LogP contribution in [0.25, 0.3) is 0 Å². The Morgan fingerprint density at radius 3 is 3.00 bits per heavy atom. The highest BCUT2D eigenvalue weighted by Gasteiger charge is 2.02. The summed E-state index contributed by atoms with van der Waals surface area (Å²) in [6, 6.07) is 3.89. The molecule has 1 amide bonds. The third kappa shape index (κ3) is 5.58. The largest absolute Gasteiger partial charge is 0.370 e. The van der Waals surface area contributed by atoms with Crippen LogP contribution in [0.3, 0.4) is 0 Å². The Kier molecular flexibility index (Phi) is 6.47. The second-order valence-electron chi connectivity index (χ2n) is 3.55. The van der Waals surface area contributed by atoms with Crippen LogP contribution in [-0.4, -0.2) is 29.7 Å². The van der Waals surface area contributed by atoms with Crippen molar-refractivity contribution < 1.29 is 4.79 Å². The molecule has 0 aliphatic rings. The fourth-order valence-corrected chi connectivity index (χ4v) is 2.00. The third-order valence-corrected chi connectivity index (χ3v) is 3.03. The van der Waals surface area contributed by atoms with E-state index >= 15 is 0 Å². The molecule has 0 bridgehead atoms. The number of anilines is 1. The van der Waals surface area contributed by atoms with Crippen molar-refractivity contribution in [1.29, 1.82) is 0 Å². The van der Waals surface area contributed by atoms with Crippen LogP contribution >= 0.6 is 11.8 Å². The maximum absolute atomic E-state index is 11.3. The quantitative estimate of drug-likeness (QED) is 0.731. The van der Waals surface area contributed by atoms with Gasteiger partial charge in [0.15, 0.2) is 0 Å². The Balaban J connectivity index is 2.45. The molecule has 5 heteroatoms. The van der Waals surface area contributed by atoms with Crippen molar-refractivity contribution in [3.63, 3.8) is 0 Å². The summed E-state index contributed by atoms with van der Waals surface area (Å²) < 4.78 is 0. The molecular formula is C12H19N3OS. The summed E-state index contributed by atoms with van der Waals surface area (Å²) in [4.78, 5) is 16.6. The fourth-order valence-electron chi connectivity index (χ4n) is 1.25. The average molecular weight is 253 g/mol. The van der Waals surface area contributed by atoms with E-state index < -0.39 is 0 Å². The molecule has 1 aromatic rings. The summed E-state index contributed by atoms with van der Waals surface area (Å²) in [5.74, 6) is 1.38. The minimum Gasteiger partial charge on any atom is -0.370 e. The number of hydrogen-bond acceptors (Lipinski definition) is 4. The van der Waals surface area contributed by atoms with Gasteiger partial charge in [-0.15, -0.1) is 11.8 Å². The van der Waals surface area contributed by atoms with Gasteiger partial charge in [0.1, 0.15) is 5.82 Å². The van der Waals surface area contributed by atoms with Crippen LogP contribution < -0.4 is 10.6 Å². The summed E-state index contributed by atoms with van der Waals surface area (Å²) in [6.45, 7) is 5.62. The van der Waals surface area contributed by atoms with Crippen LogP contribution in [0.1, 0.15) is 20.3 Å². The normalized spacial score (nSPS) is 10.0. The van der Waals surface area contributed by atoms with Gasteiger partial charge < -0.3 is 10.6 Å². The highest BCUT2D eigenvalue weighted by Crippen LogP contribution is 2.19. The van der Waals surface area contributed by atoms with Crippen molar-refractivity contribution in [1.82, 2.24) is 10.3 Å². The summed E-state index contributed by atoms with van der Waals surface area (Å²) in [6.07, 6.45) is 2.83. The van der Waals surface area contributed by atoms with Gasteiger partial charge in [0.2, 0.25) is 5.91 Å². The van der Waals surface area contributed by atoms with Crippen LogP contribution in [0, 0.1) is 0 Å². The van der Waals surface area contributed by atoms with Crippen LogP contribution in [0.2, 0.25) is 0 Å². The van der Waals surface area contributed by atoms with E-state index in [4.69, 9.17) is 0 Å². The first kappa shape index (κ1) is 13.8. The van der Waals surface area contributed by atoms with Gasteiger partial charge in [-0.2, -0.15) is 0 Å². The van der Waals surface area contributed by atoms with E-state index in [0.717, 1.165) is 23.7 Å². The molecule has 0 atom stereocenters. The molecule has 0 unspecified atom stereocenters. The van der Waals surface area contributed by atoms with E-state index in [2.05, 4.69) is 22.5 Å². The van der Waals surface area contributed by atoms with Crippen molar-refractivity contribution in [2.75, 3.05) is 24.2 Å². The van der Waals surface area contributed by atoms with Crippen molar-refractivity contribution in [2.24, 2.45) is 0 Å². The van der Waals surface area contributed by atoms with Crippen LogP contribution in [0.5, 0.6) is 0 Å². The van der Waals surface area contributed by atoms with Crippen LogP contribution in [0.15, 0.2) is 23.2 Å². The van der Waals surface area contributed by atoms with Crippen LogP contribution in [-0.2, 0) is 4.79 Å². The van der Waals surface area contributed by atoms with Crippen molar-refractivity contribution in [2.45, 2.75) is 25.2 Å². The van der Waals surface area contributed by atoms with Crippen molar-refractivity contribution in [3.05, 3.63) is 18.3 Å². The minimum absolute atomic E-state index is 0.0670. The molecule has 0 spiro atoms. The number of carbonyl (C=O) groups excluding carboxylic acids is 1. The van der Waals surface area contributed by atoms with Gasteiger partial charge in [-0.05, 0) is 25.5 Å². The lowest BCUT2D eigenvalue weighted by atomic mass is 10.4. The molecule has 1 rings (SSSR count). The molecule has 0 aromatic carbocycles. The minimum atomic E-state index is 0.0670. The number of carbonyl (C=O) groups is 1. The maximum Gasteiger partial charge on any atom is 0.230 e. The number of aromatic nitrogens is 1. The van der Waals surface area contributed by atoms with Gasteiger partial charge in [-0.1, -0.05) is 6.92 Å². The lowest BCUT2D eigenvalue weighted by Gasteiger charge is -2.06. The van der Waals surface area contributed by atoms with Crippen molar-refractivity contribution >= 4 is 23.5 Å². The lowest BCUT2D eigenvalue weighted by Crippen LogP contribution is -2.24. The smallest absolute Gasteiger partial charge is 0.230 e. The number of nitrogens with one attached hydrogen (secondary N) is 2. The third-order valence-electron chi connectivity index (χ3n) is 2.03. The van der Waals surface area contributed by atoms with E-state index in [1.165, 1.54) is 11.8 Å². The van der Waals surface area contributed by atoms with E-state index in [-0.39, 0.29) is 5.91 Å². The molecule has 0 fully saturated rings. The highest BCUT2D eigenvalue weighted by atomic mass is 32.2. The molecule has 0 saturated heterocycles. The molecule has 0 aliphatic carbocycles. The fraction of sp³-hybridized carbons (Fsp3) is 0.500. The zero-order chi connectivity index (χ0) is 12.5. The van der Waals surface area contributed by atoms with Gasteiger partial charge in [-0.25, -0.2) is 4.98 Å². The number of pyridine rings is 1. The first-order valence-corrected chi connectivity index (χ1v) is 6.84. The molecule has 94 valence electrons. The summed E-state index contributed by atoms with van der Waals surface area (Å²) >= 11 is 1.52. The van der Waals surface area contributed by atoms with Gasteiger partial charge in [-0.3, -0.25) is 4.79 Å². The SMILES string of the molecule is CCCNc1cc(SCC(=O)NCC)ccn1. The second kappa shape index (κ2) is 7.95. The molecule has 1 aromatic heterocycles. The highest BCUT2D eigenvalue weighted by molar-refractivity contribution is 8.00. The predicted octanol–water partition coefficient (Wildman–Crippen LogP) is 2.13. The molecule has 17 heavy (non-hydrogen) atoms. The predicted molar refractivity (Wildman–Crippen MR) is 72.4 cm³/mol. The van der Waals surface area contributed by atoms with E-state index in [1.807, 2.05) is 19.1 Å².